The van der Waals surface area contributed by atoms with Crippen molar-refractivity contribution in [3.63, 3.8) is 0 Å². The van der Waals surface area contributed by atoms with Crippen molar-refractivity contribution in [1.82, 2.24) is 9.71 Å². The Bertz CT molecular complexity index is 744. The highest BCUT2D eigenvalue weighted by Gasteiger charge is 2.28. The Balaban J connectivity index is 2.37. The van der Waals surface area contributed by atoms with Gasteiger partial charge >= 0.3 is 0 Å². The van der Waals surface area contributed by atoms with Gasteiger partial charge in [-0.05, 0) is 62.2 Å². The molecule has 0 radical (unpaired) electrons. The van der Waals surface area contributed by atoms with E-state index in [1.165, 1.54) is 12.1 Å². The van der Waals surface area contributed by atoms with Crippen molar-refractivity contribution in [2.75, 3.05) is 0 Å². The molecule has 2 aromatic rings. The topological polar surface area (TPSA) is 59.1 Å². The Kier molecular flexibility index (Phi) is 4.11. The number of benzene rings is 1. The van der Waals surface area contributed by atoms with Crippen molar-refractivity contribution < 1.29 is 12.8 Å². The van der Waals surface area contributed by atoms with Gasteiger partial charge in [-0.15, -0.1) is 0 Å². The van der Waals surface area contributed by atoms with Gasteiger partial charge in [0.1, 0.15) is 5.82 Å². The van der Waals surface area contributed by atoms with Crippen molar-refractivity contribution in [2.24, 2.45) is 0 Å². The van der Waals surface area contributed by atoms with E-state index in [4.69, 9.17) is 0 Å². The number of nitrogens with one attached hydrogen (secondary N) is 1. The van der Waals surface area contributed by atoms with Crippen LogP contribution in [0.25, 0.3) is 0 Å². The summed E-state index contributed by atoms with van der Waals surface area (Å²) < 4.78 is 40.8. The van der Waals surface area contributed by atoms with Crippen LogP contribution in [-0.4, -0.2) is 13.4 Å². The fourth-order valence-corrected chi connectivity index (χ4v) is 3.76. The largest absolute Gasteiger partial charge is 0.265 e. The summed E-state index contributed by atoms with van der Waals surface area (Å²) in [5, 5.41) is 0. The molecular formula is C15H17FN2O2S. The summed E-state index contributed by atoms with van der Waals surface area (Å²) in [6.45, 7) is 5.09. The third kappa shape index (κ3) is 3.46. The third-order valence-electron chi connectivity index (χ3n) is 3.22. The van der Waals surface area contributed by atoms with E-state index in [-0.39, 0.29) is 4.90 Å². The molecule has 2 rings (SSSR count). The third-order valence-corrected chi connectivity index (χ3v) is 5.03. The number of hydrogen-bond acceptors (Lipinski definition) is 3. The minimum Gasteiger partial charge on any atom is -0.265 e. The molecule has 1 heterocycles. The zero-order valence-corrected chi connectivity index (χ0v) is 12.9. The number of aryl methyl sites for hydroxylation is 1. The Hall–Kier alpha value is -1.79. The van der Waals surface area contributed by atoms with E-state index in [1.807, 2.05) is 0 Å². The molecule has 0 bridgehead atoms. The second kappa shape index (κ2) is 5.54. The van der Waals surface area contributed by atoms with Gasteiger partial charge in [-0.3, -0.25) is 4.98 Å². The monoisotopic (exact) mass is 308 g/mol. The number of pyridine rings is 1. The first-order valence-corrected chi connectivity index (χ1v) is 7.91. The molecule has 0 atom stereocenters. The smallest absolute Gasteiger partial charge is 0.241 e. The summed E-state index contributed by atoms with van der Waals surface area (Å²) >= 11 is 0. The number of aromatic nitrogens is 1. The minimum absolute atomic E-state index is 0.0750. The molecule has 0 aliphatic heterocycles. The standard InChI is InChI=1S/C15H17FN2O2S/c1-11-10-13(16)4-5-14(11)21(19,20)18-15(2,3)12-6-8-17-9-7-12/h4-10,18H,1-3H3. The van der Waals surface area contributed by atoms with Crippen molar-refractivity contribution in [3.8, 4) is 0 Å². The van der Waals surface area contributed by atoms with E-state index >= 15 is 0 Å². The van der Waals surface area contributed by atoms with Crippen LogP contribution in [0.4, 0.5) is 4.39 Å². The van der Waals surface area contributed by atoms with Crippen LogP contribution >= 0.6 is 0 Å². The summed E-state index contributed by atoms with van der Waals surface area (Å²) in [4.78, 5) is 3.99. The first kappa shape index (κ1) is 15.6. The van der Waals surface area contributed by atoms with Gasteiger partial charge in [-0.2, -0.15) is 0 Å². The molecule has 21 heavy (non-hydrogen) atoms. The summed E-state index contributed by atoms with van der Waals surface area (Å²) in [5.74, 6) is -0.458. The van der Waals surface area contributed by atoms with Gasteiger partial charge in [0, 0.05) is 12.4 Å². The molecular weight excluding hydrogens is 291 g/mol. The molecule has 6 heteroatoms. The van der Waals surface area contributed by atoms with E-state index in [1.54, 1.807) is 45.3 Å². The summed E-state index contributed by atoms with van der Waals surface area (Å²) in [6.07, 6.45) is 3.21. The maximum atomic E-state index is 13.1. The molecule has 0 aliphatic rings. The van der Waals surface area contributed by atoms with Crippen LogP contribution in [-0.2, 0) is 15.6 Å². The first-order valence-electron chi connectivity index (χ1n) is 6.43. The zero-order chi connectivity index (χ0) is 15.7. The Labute approximate surface area is 124 Å². The number of halogens is 1. The fourth-order valence-electron chi connectivity index (χ4n) is 2.13. The quantitative estimate of drug-likeness (QED) is 0.945. The lowest BCUT2D eigenvalue weighted by Crippen LogP contribution is -2.41. The maximum absolute atomic E-state index is 13.1. The average molecular weight is 308 g/mol. The second-order valence-electron chi connectivity index (χ2n) is 5.38. The van der Waals surface area contributed by atoms with Crippen LogP contribution < -0.4 is 4.72 Å². The Morgan fingerprint density at radius 2 is 1.76 bits per heavy atom. The van der Waals surface area contributed by atoms with Crippen LogP contribution in [0.3, 0.4) is 0 Å². The lowest BCUT2D eigenvalue weighted by Gasteiger charge is -2.26. The molecule has 0 fully saturated rings. The van der Waals surface area contributed by atoms with Gasteiger partial charge < -0.3 is 0 Å². The van der Waals surface area contributed by atoms with Crippen LogP contribution in [0, 0.1) is 12.7 Å². The van der Waals surface area contributed by atoms with Gasteiger partial charge in [-0.25, -0.2) is 17.5 Å². The number of nitrogens with zero attached hydrogens (tertiary/aromatic N) is 1. The van der Waals surface area contributed by atoms with Crippen molar-refractivity contribution >= 4 is 10.0 Å². The summed E-state index contributed by atoms with van der Waals surface area (Å²) in [5.41, 5.74) is 0.358. The highest BCUT2D eigenvalue weighted by Crippen LogP contribution is 2.24. The average Bonchev–Trinajstić information content (AvgIpc) is 2.38. The van der Waals surface area contributed by atoms with Crippen molar-refractivity contribution in [2.45, 2.75) is 31.2 Å². The van der Waals surface area contributed by atoms with Gasteiger partial charge in [0.15, 0.2) is 0 Å². The van der Waals surface area contributed by atoms with Crippen LogP contribution in [0.1, 0.15) is 25.0 Å². The minimum atomic E-state index is -3.75. The predicted octanol–water partition coefficient (Wildman–Crippen LogP) is 2.74. The summed E-state index contributed by atoms with van der Waals surface area (Å²) in [7, 11) is -3.75. The zero-order valence-electron chi connectivity index (χ0n) is 12.1. The van der Waals surface area contributed by atoms with E-state index in [0.717, 1.165) is 11.6 Å². The highest BCUT2D eigenvalue weighted by atomic mass is 32.2. The van der Waals surface area contributed by atoms with Gasteiger partial charge in [-0.1, -0.05) is 0 Å². The molecule has 0 unspecified atom stereocenters. The number of hydrogen-bond donors (Lipinski definition) is 1. The molecule has 0 aliphatic carbocycles. The summed E-state index contributed by atoms with van der Waals surface area (Å²) in [6, 6.07) is 7.12. The molecule has 1 N–H and O–H groups in total. The molecule has 0 saturated carbocycles. The van der Waals surface area contributed by atoms with Crippen molar-refractivity contribution in [1.29, 1.82) is 0 Å². The molecule has 0 saturated heterocycles. The number of rotatable bonds is 4. The normalized spacial score (nSPS) is 12.4. The SMILES string of the molecule is Cc1cc(F)ccc1S(=O)(=O)NC(C)(C)c1ccncc1. The lowest BCUT2D eigenvalue weighted by molar-refractivity contribution is 0.471. The van der Waals surface area contributed by atoms with Gasteiger partial charge in [0.25, 0.3) is 0 Å². The molecule has 0 spiro atoms. The van der Waals surface area contributed by atoms with Crippen LogP contribution in [0.2, 0.25) is 0 Å². The molecule has 1 aromatic carbocycles. The molecule has 4 nitrogen and oxygen atoms in total. The van der Waals surface area contributed by atoms with E-state index in [2.05, 4.69) is 9.71 Å². The van der Waals surface area contributed by atoms with Gasteiger partial charge in [0.05, 0.1) is 10.4 Å². The van der Waals surface area contributed by atoms with Gasteiger partial charge in [0.2, 0.25) is 10.0 Å². The fraction of sp³-hybridized carbons (Fsp3) is 0.267. The lowest BCUT2D eigenvalue weighted by atomic mass is 9.97. The second-order valence-corrected chi connectivity index (χ2v) is 7.03. The van der Waals surface area contributed by atoms with Crippen LogP contribution in [0.15, 0.2) is 47.6 Å². The Morgan fingerprint density at radius 3 is 2.33 bits per heavy atom. The molecule has 0 amide bonds. The van der Waals surface area contributed by atoms with E-state index < -0.39 is 21.4 Å². The maximum Gasteiger partial charge on any atom is 0.241 e. The molecule has 1 aromatic heterocycles. The van der Waals surface area contributed by atoms with Crippen LogP contribution in [0.5, 0.6) is 0 Å². The van der Waals surface area contributed by atoms with Crippen molar-refractivity contribution in [3.05, 3.63) is 59.7 Å². The van der Waals surface area contributed by atoms with E-state index in [9.17, 15) is 12.8 Å². The number of sulfonamides is 1. The first-order chi connectivity index (χ1) is 9.72. The van der Waals surface area contributed by atoms with E-state index in [0.29, 0.717) is 5.56 Å². The predicted molar refractivity (Wildman–Crippen MR) is 78.7 cm³/mol. The molecule has 112 valence electrons. The Morgan fingerprint density at radius 1 is 1.14 bits per heavy atom. The highest BCUT2D eigenvalue weighted by molar-refractivity contribution is 7.89.